The van der Waals surface area contributed by atoms with E-state index >= 15 is 0 Å². The van der Waals surface area contributed by atoms with E-state index in [1.54, 1.807) is 7.11 Å². The van der Waals surface area contributed by atoms with Crippen molar-refractivity contribution in [3.05, 3.63) is 60.2 Å². The zero-order chi connectivity index (χ0) is 15.6. The largest absolute Gasteiger partial charge is 0.496 e. The van der Waals surface area contributed by atoms with Gasteiger partial charge in [0.2, 0.25) is 6.79 Å². The lowest BCUT2D eigenvalue weighted by Gasteiger charge is -2.14. The van der Waals surface area contributed by atoms with Crippen molar-refractivity contribution in [1.82, 2.24) is 0 Å². The van der Waals surface area contributed by atoms with Crippen molar-refractivity contribution in [2.45, 2.75) is 6.54 Å². The van der Waals surface area contributed by atoms with Crippen LogP contribution in [0.15, 0.2) is 54.6 Å². The molecule has 1 N–H and O–H groups in total. The van der Waals surface area contributed by atoms with Gasteiger partial charge < -0.3 is 19.5 Å². The molecule has 0 aromatic heterocycles. The second-order valence-electron chi connectivity index (χ2n) is 5.39. The summed E-state index contributed by atoms with van der Waals surface area (Å²) in [5, 5.41) is 5.84. The number of anilines is 1. The van der Waals surface area contributed by atoms with Crippen molar-refractivity contribution in [1.29, 1.82) is 0 Å². The number of methoxy groups -OCH3 is 1. The number of benzene rings is 3. The normalized spacial score (nSPS) is 12.4. The predicted octanol–water partition coefficient (Wildman–Crippen LogP) is 4.19. The van der Waals surface area contributed by atoms with Crippen LogP contribution < -0.4 is 19.5 Å². The third kappa shape index (κ3) is 2.52. The van der Waals surface area contributed by atoms with Gasteiger partial charge in [-0.15, -0.1) is 0 Å². The monoisotopic (exact) mass is 307 g/mol. The average Bonchev–Trinajstić information content (AvgIpc) is 3.07. The van der Waals surface area contributed by atoms with Gasteiger partial charge in [-0.3, -0.25) is 0 Å². The molecule has 1 aliphatic rings. The Bertz CT molecular complexity index is 860. The van der Waals surface area contributed by atoms with Crippen molar-refractivity contribution < 1.29 is 14.2 Å². The average molecular weight is 307 g/mol. The fraction of sp³-hybridized carbons (Fsp3) is 0.158. The van der Waals surface area contributed by atoms with Crippen LogP contribution in [0.4, 0.5) is 5.69 Å². The molecule has 0 radical (unpaired) electrons. The van der Waals surface area contributed by atoms with Crippen LogP contribution in [-0.4, -0.2) is 13.9 Å². The highest BCUT2D eigenvalue weighted by Gasteiger charge is 2.14. The zero-order valence-electron chi connectivity index (χ0n) is 12.8. The molecule has 23 heavy (non-hydrogen) atoms. The van der Waals surface area contributed by atoms with Crippen LogP contribution in [-0.2, 0) is 6.54 Å². The molecular weight excluding hydrogens is 290 g/mol. The van der Waals surface area contributed by atoms with Gasteiger partial charge >= 0.3 is 0 Å². The first-order chi connectivity index (χ1) is 11.3. The molecule has 4 heteroatoms. The molecule has 0 amide bonds. The molecule has 1 heterocycles. The van der Waals surface area contributed by atoms with Gasteiger partial charge in [-0.05, 0) is 29.0 Å². The van der Waals surface area contributed by atoms with E-state index in [9.17, 15) is 0 Å². The number of rotatable bonds is 4. The van der Waals surface area contributed by atoms with E-state index in [0.717, 1.165) is 28.5 Å². The van der Waals surface area contributed by atoms with Crippen LogP contribution >= 0.6 is 0 Å². The summed E-state index contributed by atoms with van der Waals surface area (Å²) in [5.41, 5.74) is 2.13. The predicted molar refractivity (Wildman–Crippen MR) is 90.4 cm³/mol. The van der Waals surface area contributed by atoms with E-state index in [2.05, 4.69) is 23.5 Å². The Morgan fingerprint density at radius 2 is 1.87 bits per heavy atom. The first-order valence-corrected chi connectivity index (χ1v) is 7.53. The molecule has 0 saturated heterocycles. The van der Waals surface area contributed by atoms with Gasteiger partial charge in [0.1, 0.15) is 5.75 Å². The van der Waals surface area contributed by atoms with Gasteiger partial charge in [-0.25, -0.2) is 0 Å². The third-order valence-corrected chi connectivity index (χ3v) is 4.06. The Labute approximate surface area is 134 Å². The summed E-state index contributed by atoms with van der Waals surface area (Å²) in [6.07, 6.45) is 0. The Balaban J connectivity index is 1.64. The minimum atomic E-state index is 0.288. The second-order valence-corrected chi connectivity index (χ2v) is 5.39. The molecule has 3 aromatic rings. The molecule has 0 bridgehead atoms. The van der Waals surface area contributed by atoms with E-state index < -0.39 is 0 Å². The molecule has 4 rings (SSSR count). The van der Waals surface area contributed by atoms with E-state index in [4.69, 9.17) is 14.2 Å². The van der Waals surface area contributed by atoms with Crippen molar-refractivity contribution >= 4 is 16.5 Å². The van der Waals surface area contributed by atoms with Crippen LogP contribution in [0.2, 0.25) is 0 Å². The number of fused-ring (bicyclic) bond motifs is 2. The first kappa shape index (κ1) is 13.8. The molecule has 0 aliphatic carbocycles. The minimum Gasteiger partial charge on any atom is -0.496 e. The number of hydrogen-bond acceptors (Lipinski definition) is 4. The van der Waals surface area contributed by atoms with Gasteiger partial charge in [0.05, 0.1) is 7.11 Å². The summed E-state index contributed by atoms with van der Waals surface area (Å²) in [4.78, 5) is 0. The summed E-state index contributed by atoms with van der Waals surface area (Å²) < 4.78 is 16.3. The van der Waals surface area contributed by atoms with Gasteiger partial charge in [0.15, 0.2) is 11.5 Å². The van der Waals surface area contributed by atoms with Gasteiger partial charge in [0.25, 0.3) is 0 Å². The molecule has 0 fully saturated rings. The molecule has 3 aromatic carbocycles. The van der Waals surface area contributed by atoms with Gasteiger partial charge in [0, 0.05) is 23.9 Å². The summed E-state index contributed by atoms with van der Waals surface area (Å²) >= 11 is 0. The molecule has 0 unspecified atom stereocenters. The molecule has 0 atom stereocenters. The van der Waals surface area contributed by atoms with Crippen LogP contribution in [0.5, 0.6) is 17.2 Å². The summed E-state index contributed by atoms with van der Waals surface area (Å²) in [7, 11) is 1.70. The zero-order valence-corrected chi connectivity index (χ0v) is 12.8. The van der Waals surface area contributed by atoms with E-state index in [1.165, 1.54) is 10.8 Å². The highest BCUT2D eigenvalue weighted by atomic mass is 16.7. The highest BCUT2D eigenvalue weighted by Crippen LogP contribution is 2.35. The Morgan fingerprint density at radius 3 is 2.78 bits per heavy atom. The SMILES string of the molecule is COc1ccc2ccccc2c1CNc1ccc2c(c1)OCO2. The molecule has 0 saturated carbocycles. The lowest BCUT2D eigenvalue weighted by atomic mass is 10.0. The summed E-state index contributed by atoms with van der Waals surface area (Å²) in [5.74, 6) is 2.45. The smallest absolute Gasteiger partial charge is 0.231 e. The Morgan fingerprint density at radius 1 is 1.00 bits per heavy atom. The topological polar surface area (TPSA) is 39.7 Å². The number of ether oxygens (including phenoxy) is 3. The van der Waals surface area contributed by atoms with Crippen molar-refractivity contribution in [3.63, 3.8) is 0 Å². The molecular formula is C19H17NO3. The third-order valence-electron chi connectivity index (χ3n) is 4.06. The quantitative estimate of drug-likeness (QED) is 0.784. The van der Waals surface area contributed by atoms with E-state index in [1.807, 2.05) is 36.4 Å². The standard InChI is InChI=1S/C19H17NO3/c1-21-17-8-6-13-4-2-3-5-15(13)16(17)11-20-14-7-9-18-19(10-14)23-12-22-18/h2-10,20H,11-12H2,1H3. The second kappa shape index (κ2) is 5.72. The van der Waals surface area contributed by atoms with E-state index in [-0.39, 0.29) is 6.79 Å². The maximum absolute atomic E-state index is 5.53. The minimum absolute atomic E-state index is 0.288. The molecule has 116 valence electrons. The first-order valence-electron chi connectivity index (χ1n) is 7.53. The van der Waals surface area contributed by atoms with Crippen LogP contribution in [0.1, 0.15) is 5.56 Å². The van der Waals surface area contributed by atoms with E-state index in [0.29, 0.717) is 6.54 Å². The molecule has 1 aliphatic heterocycles. The Hall–Kier alpha value is -2.88. The van der Waals surface area contributed by atoms with Crippen molar-refractivity contribution in [3.8, 4) is 17.2 Å². The number of nitrogens with one attached hydrogen (secondary N) is 1. The fourth-order valence-electron chi connectivity index (χ4n) is 2.89. The summed E-state index contributed by atoms with van der Waals surface area (Å²) in [6, 6.07) is 18.3. The molecule has 0 spiro atoms. The lowest BCUT2D eigenvalue weighted by molar-refractivity contribution is 0.174. The molecule has 4 nitrogen and oxygen atoms in total. The van der Waals surface area contributed by atoms with Crippen LogP contribution in [0.25, 0.3) is 10.8 Å². The lowest BCUT2D eigenvalue weighted by Crippen LogP contribution is -2.02. The maximum atomic E-state index is 5.53. The number of hydrogen-bond donors (Lipinski definition) is 1. The van der Waals surface area contributed by atoms with Gasteiger partial charge in [-0.2, -0.15) is 0 Å². The Kier molecular flexibility index (Phi) is 3.42. The van der Waals surface area contributed by atoms with Crippen molar-refractivity contribution in [2.24, 2.45) is 0 Å². The maximum Gasteiger partial charge on any atom is 0.231 e. The van der Waals surface area contributed by atoms with Crippen LogP contribution in [0.3, 0.4) is 0 Å². The van der Waals surface area contributed by atoms with Crippen molar-refractivity contribution in [2.75, 3.05) is 19.2 Å². The van der Waals surface area contributed by atoms with Gasteiger partial charge in [-0.1, -0.05) is 30.3 Å². The fourth-order valence-corrected chi connectivity index (χ4v) is 2.89. The summed E-state index contributed by atoms with van der Waals surface area (Å²) in [6.45, 7) is 0.958. The van der Waals surface area contributed by atoms with Crippen LogP contribution in [0, 0.1) is 0 Å². The highest BCUT2D eigenvalue weighted by molar-refractivity contribution is 5.88.